The van der Waals surface area contributed by atoms with Gasteiger partial charge in [-0.25, -0.2) is 0 Å². The molecule has 52 valence electrons. The summed E-state index contributed by atoms with van der Waals surface area (Å²) in [7, 11) is 0. The Morgan fingerprint density at radius 3 is 3.00 bits per heavy atom. The molecule has 0 aromatic heterocycles. The number of thiol groups is 1. The van der Waals surface area contributed by atoms with Crippen molar-refractivity contribution in [3.05, 3.63) is 0 Å². The van der Waals surface area contributed by atoms with Gasteiger partial charge < -0.3 is 10.0 Å². The van der Waals surface area contributed by atoms with Crippen LogP contribution in [0.4, 0.5) is 0 Å². The maximum atomic E-state index is 10.8. The van der Waals surface area contributed by atoms with E-state index in [2.05, 4.69) is 22.9 Å². The molecule has 1 rings (SSSR count). The largest absolute Gasteiger partial charge is 0.306 e. The average molecular weight is 146 g/mol. The molecule has 0 aromatic rings. The predicted molar refractivity (Wildman–Crippen MR) is 38.2 cm³/mol. The summed E-state index contributed by atoms with van der Waals surface area (Å²) in [6.45, 7) is 0.950. The molecule has 1 aliphatic rings. The normalized spacial score (nSPS) is 26.1. The van der Waals surface area contributed by atoms with Crippen molar-refractivity contribution >= 4 is 18.7 Å². The van der Waals surface area contributed by atoms with Gasteiger partial charge in [-0.05, 0) is 19.4 Å². The van der Waals surface area contributed by atoms with Gasteiger partial charge in [0.25, 0.3) is 0 Å². The molecule has 1 amide bonds. The smallest absolute Gasteiger partial charge is 0.246 e. The van der Waals surface area contributed by atoms with Gasteiger partial charge in [-0.1, -0.05) is 12.8 Å². The van der Waals surface area contributed by atoms with Crippen molar-refractivity contribution in [2.75, 3.05) is 6.54 Å². The van der Waals surface area contributed by atoms with E-state index in [-0.39, 0.29) is 11.9 Å². The van der Waals surface area contributed by atoms with Crippen molar-refractivity contribution < 1.29 is 4.79 Å². The van der Waals surface area contributed by atoms with E-state index in [1.165, 1.54) is 0 Å². The van der Waals surface area contributed by atoms with Crippen LogP contribution in [0.15, 0.2) is 0 Å². The van der Waals surface area contributed by atoms with Crippen LogP contribution in [0.3, 0.4) is 0 Å². The van der Waals surface area contributed by atoms with Gasteiger partial charge in [0.05, 0.1) is 6.04 Å². The highest BCUT2D eigenvalue weighted by Crippen LogP contribution is 2.04. The second-order valence-electron chi connectivity index (χ2n) is 2.12. The van der Waals surface area contributed by atoms with E-state index in [4.69, 9.17) is 0 Å². The van der Waals surface area contributed by atoms with Crippen molar-refractivity contribution in [1.82, 2.24) is 10.0 Å². The van der Waals surface area contributed by atoms with Crippen molar-refractivity contribution in [3.63, 3.8) is 0 Å². The summed E-state index contributed by atoms with van der Waals surface area (Å²) >= 11 is 3.65. The molecule has 0 bridgehead atoms. The van der Waals surface area contributed by atoms with Gasteiger partial charge in [0, 0.05) is 0 Å². The maximum absolute atomic E-state index is 10.8. The molecule has 1 aliphatic heterocycles. The van der Waals surface area contributed by atoms with Gasteiger partial charge in [0.15, 0.2) is 0 Å². The van der Waals surface area contributed by atoms with Gasteiger partial charge >= 0.3 is 0 Å². The first kappa shape index (κ1) is 6.89. The lowest BCUT2D eigenvalue weighted by molar-refractivity contribution is -0.120. The van der Waals surface area contributed by atoms with E-state index in [0.717, 1.165) is 19.4 Å². The fourth-order valence-electron chi connectivity index (χ4n) is 0.986. The molecule has 9 heavy (non-hydrogen) atoms. The number of carbonyl (C=O) groups is 1. The van der Waals surface area contributed by atoms with Crippen molar-refractivity contribution in [1.29, 1.82) is 0 Å². The van der Waals surface area contributed by atoms with Crippen molar-refractivity contribution in [2.45, 2.75) is 18.9 Å². The van der Waals surface area contributed by atoms with E-state index in [9.17, 15) is 4.79 Å². The van der Waals surface area contributed by atoms with Gasteiger partial charge in [-0.3, -0.25) is 4.79 Å². The highest BCUT2D eigenvalue weighted by Gasteiger charge is 2.20. The summed E-state index contributed by atoms with van der Waals surface area (Å²) in [5.74, 6) is -0.0177. The van der Waals surface area contributed by atoms with E-state index < -0.39 is 0 Å². The number of rotatable bonds is 1. The summed E-state index contributed by atoms with van der Waals surface area (Å²) in [6, 6.07) is 0.00231. The van der Waals surface area contributed by atoms with E-state index in [1.807, 2.05) is 0 Å². The Labute approximate surface area is 59.7 Å². The Balaban J connectivity index is 2.32. The van der Waals surface area contributed by atoms with Crippen LogP contribution < -0.4 is 10.0 Å². The lowest BCUT2D eigenvalue weighted by Gasteiger charge is -2.05. The Kier molecular flexibility index (Phi) is 2.36. The molecule has 2 N–H and O–H groups in total. The third kappa shape index (κ3) is 1.59. The third-order valence-corrected chi connectivity index (χ3v) is 1.71. The SMILES string of the molecule is O=C(NS)[C@@H]1CCCN1. The van der Waals surface area contributed by atoms with Crippen LogP contribution in [0, 0.1) is 0 Å². The van der Waals surface area contributed by atoms with E-state index in [0.29, 0.717) is 0 Å². The van der Waals surface area contributed by atoms with Crippen molar-refractivity contribution in [2.24, 2.45) is 0 Å². The molecule has 0 aliphatic carbocycles. The number of amides is 1. The standard InChI is InChI=1S/C5H10N2OS/c8-5(7-9)4-2-1-3-6-4/h4,6,9H,1-3H2,(H,7,8)/t4-/m0/s1. The fourth-order valence-corrected chi connectivity index (χ4v) is 1.14. The van der Waals surface area contributed by atoms with E-state index in [1.54, 1.807) is 0 Å². The molecule has 0 spiro atoms. The van der Waals surface area contributed by atoms with Crippen LogP contribution >= 0.6 is 12.8 Å². The van der Waals surface area contributed by atoms with Gasteiger partial charge in [0.2, 0.25) is 5.91 Å². The van der Waals surface area contributed by atoms with Gasteiger partial charge in [-0.15, -0.1) is 0 Å². The summed E-state index contributed by atoms with van der Waals surface area (Å²) in [4.78, 5) is 10.8. The zero-order valence-electron chi connectivity index (χ0n) is 5.05. The lowest BCUT2D eigenvalue weighted by Crippen LogP contribution is -2.36. The summed E-state index contributed by atoms with van der Waals surface area (Å²) in [5.41, 5.74) is 0. The van der Waals surface area contributed by atoms with E-state index >= 15 is 0 Å². The molecule has 0 aromatic carbocycles. The molecule has 1 saturated heterocycles. The second-order valence-corrected chi connectivity index (χ2v) is 2.35. The van der Waals surface area contributed by atoms with Crippen LogP contribution in [0.5, 0.6) is 0 Å². The zero-order chi connectivity index (χ0) is 6.69. The zero-order valence-corrected chi connectivity index (χ0v) is 5.95. The maximum Gasteiger partial charge on any atom is 0.246 e. The van der Waals surface area contributed by atoms with Crippen LogP contribution in [0.1, 0.15) is 12.8 Å². The van der Waals surface area contributed by atoms with Crippen LogP contribution in [0.2, 0.25) is 0 Å². The average Bonchev–Trinajstić information content (AvgIpc) is 2.37. The molecule has 4 heteroatoms. The molecule has 0 radical (unpaired) electrons. The van der Waals surface area contributed by atoms with Crippen LogP contribution in [-0.2, 0) is 4.79 Å². The highest BCUT2D eigenvalue weighted by atomic mass is 32.1. The lowest BCUT2D eigenvalue weighted by atomic mass is 10.2. The first-order valence-corrected chi connectivity index (χ1v) is 3.46. The summed E-state index contributed by atoms with van der Waals surface area (Å²) in [6.07, 6.45) is 2.03. The molecule has 0 unspecified atom stereocenters. The third-order valence-electron chi connectivity index (χ3n) is 1.49. The quantitative estimate of drug-likeness (QED) is 0.444. The molecule has 1 fully saturated rings. The molecule has 0 saturated carbocycles. The Bertz CT molecular complexity index is 112. The fraction of sp³-hybridized carbons (Fsp3) is 0.800. The Morgan fingerprint density at radius 1 is 1.78 bits per heavy atom. The minimum atomic E-state index is -0.0177. The predicted octanol–water partition coefficient (Wildman–Crippen LogP) is -0.301. The minimum Gasteiger partial charge on any atom is -0.306 e. The molecule has 3 nitrogen and oxygen atoms in total. The summed E-state index contributed by atoms with van der Waals surface area (Å²) in [5, 5.41) is 3.05. The van der Waals surface area contributed by atoms with Crippen LogP contribution in [0.25, 0.3) is 0 Å². The number of nitrogens with one attached hydrogen (secondary N) is 2. The first-order chi connectivity index (χ1) is 4.34. The van der Waals surface area contributed by atoms with Crippen LogP contribution in [-0.4, -0.2) is 18.5 Å². The Morgan fingerprint density at radius 2 is 2.56 bits per heavy atom. The second kappa shape index (κ2) is 3.08. The minimum absolute atomic E-state index is 0.00231. The van der Waals surface area contributed by atoms with Crippen molar-refractivity contribution in [3.8, 4) is 0 Å². The molecular weight excluding hydrogens is 136 g/mol. The first-order valence-electron chi connectivity index (χ1n) is 3.02. The topological polar surface area (TPSA) is 41.1 Å². The van der Waals surface area contributed by atoms with Gasteiger partial charge in [-0.2, -0.15) is 0 Å². The Hall–Kier alpha value is -0.220. The number of hydrogen-bond donors (Lipinski definition) is 3. The highest BCUT2D eigenvalue weighted by molar-refractivity contribution is 7.78. The number of hydrogen-bond acceptors (Lipinski definition) is 3. The molecule has 1 heterocycles. The number of carbonyl (C=O) groups excluding carboxylic acids is 1. The monoisotopic (exact) mass is 146 g/mol. The summed E-state index contributed by atoms with van der Waals surface area (Å²) < 4.78 is 2.30. The van der Waals surface area contributed by atoms with Gasteiger partial charge in [0.1, 0.15) is 0 Å². The molecule has 1 atom stereocenters. The molecular formula is C5H10N2OS.